The fourth-order valence-electron chi connectivity index (χ4n) is 4.59. The van der Waals surface area contributed by atoms with Gasteiger partial charge in [-0.3, -0.25) is 14.2 Å². The quantitative estimate of drug-likeness (QED) is 0.403. The van der Waals surface area contributed by atoms with Crippen LogP contribution in [0.25, 0.3) is 16.7 Å². The van der Waals surface area contributed by atoms with E-state index in [9.17, 15) is 41.8 Å². The van der Waals surface area contributed by atoms with Crippen LogP contribution in [-0.4, -0.2) is 63.2 Å². The number of β-amino-alcohol motifs (C(OH)–C–C–N with tert-alkyl or cyclic N) is 2. The summed E-state index contributed by atoms with van der Waals surface area (Å²) in [6, 6.07) is -0.435. The van der Waals surface area contributed by atoms with Crippen LogP contribution in [0.1, 0.15) is 23.2 Å². The number of benzene rings is 1. The van der Waals surface area contributed by atoms with Crippen LogP contribution >= 0.6 is 11.6 Å². The van der Waals surface area contributed by atoms with Gasteiger partial charge in [0.05, 0.1) is 22.6 Å². The molecule has 2 aliphatic rings. The highest BCUT2D eigenvalue weighted by Crippen LogP contribution is 2.40. The van der Waals surface area contributed by atoms with Crippen molar-refractivity contribution in [1.82, 2.24) is 14.9 Å². The SMILES string of the molecule is O=C(NC(C1CC1)C(F)(F)F)c1cn(-c2c(F)cc(F)cc2Cl)c2nc(N3C[C@@H](O)[C@H](O)C3)c(F)cc2c1=O. The first-order valence-electron chi connectivity index (χ1n) is 11.7. The van der Waals surface area contributed by atoms with E-state index < -0.39 is 92.3 Å². The lowest BCUT2D eigenvalue weighted by Gasteiger charge is -2.22. The molecule has 2 fully saturated rings. The standard InChI is InChI=1S/C24H19ClF6N4O4/c25-13-3-10(26)4-14(27)18(13)35-6-12(23(39)32-20(9-1-2-9)24(29,30)31)19(38)11-5-15(28)22(33-21(11)35)34-7-16(36)17(37)8-34/h3-6,9,16-17,20,36-37H,1-2,7-8H2,(H,32,39)/t16-,17-,20?/m1/s1. The molecule has 2 aromatic heterocycles. The Balaban J connectivity index is 1.72. The summed E-state index contributed by atoms with van der Waals surface area (Å²) in [4.78, 5) is 31.4. The van der Waals surface area contributed by atoms with E-state index in [1.807, 2.05) is 0 Å². The lowest BCUT2D eigenvalue weighted by molar-refractivity contribution is -0.158. The number of pyridine rings is 2. The first-order valence-corrected chi connectivity index (χ1v) is 12.0. The van der Waals surface area contributed by atoms with Gasteiger partial charge in [0.2, 0.25) is 5.43 Å². The summed E-state index contributed by atoms with van der Waals surface area (Å²) in [5, 5.41) is 20.3. The van der Waals surface area contributed by atoms with Crippen molar-refractivity contribution in [1.29, 1.82) is 0 Å². The highest BCUT2D eigenvalue weighted by Gasteiger charge is 2.50. The van der Waals surface area contributed by atoms with E-state index in [-0.39, 0.29) is 25.9 Å². The third-order valence-corrected chi connectivity index (χ3v) is 6.96. The molecule has 3 N–H and O–H groups in total. The van der Waals surface area contributed by atoms with Crippen LogP contribution in [0, 0.1) is 23.4 Å². The summed E-state index contributed by atoms with van der Waals surface area (Å²) < 4.78 is 85.2. The van der Waals surface area contributed by atoms with Crippen molar-refractivity contribution in [3.8, 4) is 5.69 Å². The predicted molar refractivity (Wildman–Crippen MR) is 126 cm³/mol. The number of carbonyl (C=O) groups excluding carboxylic acids is 1. The van der Waals surface area contributed by atoms with E-state index in [1.54, 1.807) is 5.32 Å². The number of fused-ring (bicyclic) bond motifs is 1. The number of hydrogen-bond acceptors (Lipinski definition) is 6. The average molecular weight is 577 g/mol. The number of aromatic nitrogens is 2. The minimum atomic E-state index is -4.81. The van der Waals surface area contributed by atoms with E-state index in [4.69, 9.17) is 11.6 Å². The van der Waals surface area contributed by atoms with Crippen molar-refractivity contribution < 1.29 is 41.4 Å². The van der Waals surface area contributed by atoms with Gasteiger partial charge >= 0.3 is 6.18 Å². The van der Waals surface area contributed by atoms with Crippen LogP contribution in [-0.2, 0) is 0 Å². The van der Waals surface area contributed by atoms with Gasteiger partial charge in [0, 0.05) is 25.4 Å². The molecule has 208 valence electrons. The third-order valence-electron chi connectivity index (χ3n) is 6.67. The van der Waals surface area contributed by atoms with Gasteiger partial charge in [0.15, 0.2) is 23.1 Å². The van der Waals surface area contributed by atoms with Gasteiger partial charge in [-0.1, -0.05) is 11.6 Å². The Bertz CT molecular complexity index is 1510. The van der Waals surface area contributed by atoms with Crippen LogP contribution in [0.5, 0.6) is 0 Å². The van der Waals surface area contributed by atoms with Crippen molar-refractivity contribution in [2.75, 3.05) is 18.0 Å². The van der Waals surface area contributed by atoms with Crippen LogP contribution in [0.15, 0.2) is 29.2 Å². The second kappa shape index (κ2) is 9.68. The Morgan fingerprint density at radius 1 is 1.08 bits per heavy atom. The van der Waals surface area contributed by atoms with Gasteiger partial charge < -0.3 is 20.4 Å². The van der Waals surface area contributed by atoms with Crippen LogP contribution in [0.4, 0.5) is 32.2 Å². The van der Waals surface area contributed by atoms with E-state index in [0.717, 1.165) is 9.47 Å². The number of aliphatic hydroxyl groups excluding tert-OH is 2. The molecule has 1 aliphatic heterocycles. The molecule has 5 rings (SSSR count). The molecule has 39 heavy (non-hydrogen) atoms. The average Bonchev–Trinajstić information content (AvgIpc) is 3.61. The molecule has 0 radical (unpaired) electrons. The van der Waals surface area contributed by atoms with Gasteiger partial charge in [-0.25, -0.2) is 18.2 Å². The van der Waals surface area contributed by atoms with Crippen LogP contribution in [0.2, 0.25) is 5.02 Å². The fraction of sp³-hybridized carbons (Fsp3) is 0.375. The van der Waals surface area contributed by atoms with Crippen molar-refractivity contribution in [3.63, 3.8) is 0 Å². The van der Waals surface area contributed by atoms with Crippen molar-refractivity contribution in [2.45, 2.75) is 37.3 Å². The molecule has 1 aliphatic carbocycles. The summed E-state index contributed by atoms with van der Waals surface area (Å²) in [6.07, 6.45) is -6.18. The van der Waals surface area contributed by atoms with E-state index in [2.05, 4.69) is 4.98 Å². The first-order chi connectivity index (χ1) is 18.3. The number of amides is 1. The Kier molecular flexibility index (Phi) is 6.75. The lowest BCUT2D eigenvalue weighted by Crippen LogP contribution is -2.48. The Morgan fingerprint density at radius 2 is 1.72 bits per heavy atom. The number of alkyl halides is 3. The normalized spacial score (nSPS) is 20.5. The summed E-state index contributed by atoms with van der Waals surface area (Å²) >= 11 is 6.07. The van der Waals surface area contributed by atoms with E-state index in [1.165, 1.54) is 0 Å². The smallest absolute Gasteiger partial charge is 0.389 e. The summed E-state index contributed by atoms with van der Waals surface area (Å²) in [7, 11) is 0. The minimum absolute atomic E-state index is 0.209. The summed E-state index contributed by atoms with van der Waals surface area (Å²) in [5.74, 6) is -6.24. The largest absolute Gasteiger partial charge is 0.408 e. The highest BCUT2D eigenvalue weighted by molar-refractivity contribution is 6.32. The van der Waals surface area contributed by atoms with Gasteiger partial charge in [-0.05, 0) is 30.9 Å². The van der Waals surface area contributed by atoms with Gasteiger partial charge in [-0.2, -0.15) is 13.2 Å². The molecule has 0 spiro atoms. The Morgan fingerprint density at radius 3 is 2.28 bits per heavy atom. The topological polar surface area (TPSA) is 108 Å². The van der Waals surface area contributed by atoms with Crippen molar-refractivity contribution in [3.05, 3.63) is 62.7 Å². The molecule has 15 heteroatoms. The first kappa shape index (κ1) is 27.2. The van der Waals surface area contributed by atoms with Gasteiger partial charge in [0.1, 0.15) is 23.1 Å². The zero-order valence-corrected chi connectivity index (χ0v) is 20.4. The molecule has 1 saturated carbocycles. The second-order valence-electron chi connectivity index (χ2n) is 9.49. The van der Waals surface area contributed by atoms with Crippen LogP contribution in [0.3, 0.4) is 0 Å². The molecule has 3 aromatic rings. The number of nitrogens with one attached hydrogen (secondary N) is 1. The molecular weight excluding hydrogens is 558 g/mol. The highest BCUT2D eigenvalue weighted by atomic mass is 35.5. The molecule has 8 nitrogen and oxygen atoms in total. The fourth-order valence-corrected chi connectivity index (χ4v) is 4.88. The molecule has 3 heterocycles. The monoisotopic (exact) mass is 576 g/mol. The molecule has 1 amide bonds. The number of carbonyl (C=O) groups is 1. The van der Waals surface area contributed by atoms with E-state index in [0.29, 0.717) is 24.4 Å². The minimum Gasteiger partial charge on any atom is -0.389 e. The molecule has 3 atom stereocenters. The lowest BCUT2D eigenvalue weighted by atomic mass is 10.1. The van der Waals surface area contributed by atoms with Gasteiger partial charge in [0.25, 0.3) is 5.91 Å². The summed E-state index contributed by atoms with van der Waals surface area (Å²) in [6.45, 7) is -0.486. The second-order valence-corrected chi connectivity index (χ2v) is 9.90. The third kappa shape index (κ3) is 5.03. The Hall–Kier alpha value is -3.36. The Labute approximate surface area is 220 Å². The number of anilines is 1. The van der Waals surface area contributed by atoms with Crippen molar-refractivity contribution in [2.24, 2.45) is 5.92 Å². The molecular formula is C24H19ClF6N4O4. The zero-order chi connectivity index (χ0) is 28.4. The molecule has 1 unspecified atom stereocenters. The number of aliphatic hydroxyl groups is 2. The van der Waals surface area contributed by atoms with Crippen molar-refractivity contribution >= 4 is 34.4 Å². The maximum atomic E-state index is 15.1. The van der Waals surface area contributed by atoms with Crippen LogP contribution < -0.4 is 15.6 Å². The summed E-state index contributed by atoms with van der Waals surface area (Å²) in [5.41, 5.74) is -3.17. The van der Waals surface area contributed by atoms with E-state index >= 15 is 4.39 Å². The number of hydrogen-bond donors (Lipinski definition) is 3. The van der Waals surface area contributed by atoms with Gasteiger partial charge in [-0.15, -0.1) is 0 Å². The number of halogens is 7. The molecule has 1 aromatic carbocycles. The number of nitrogens with zero attached hydrogens (tertiary/aromatic N) is 3. The maximum absolute atomic E-state index is 15.1. The number of rotatable bonds is 5. The maximum Gasteiger partial charge on any atom is 0.408 e. The predicted octanol–water partition coefficient (Wildman–Crippen LogP) is 3.07. The zero-order valence-electron chi connectivity index (χ0n) is 19.6. The molecule has 1 saturated heterocycles. The molecule has 0 bridgehead atoms.